The van der Waals surface area contributed by atoms with Crippen molar-refractivity contribution in [3.05, 3.63) is 140 Å². The quantitative estimate of drug-likeness (QED) is 0.210. The molecule has 0 saturated carbocycles. The number of H-pyrrole nitrogens is 1. The van der Waals surface area contributed by atoms with Crippen LogP contribution in [0.15, 0.2) is 140 Å². The van der Waals surface area contributed by atoms with Crippen LogP contribution in [0.1, 0.15) is 0 Å². The summed E-state index contributed by atoms with van der Waals surface area (Å²) in [6.07, 6.45) is 0. The maximum absolute atomic E-state index is 5.52. The van der Waals surface area contributed by atoms with Crippen molar-refractivity contribution in [2.24, 2.45) is 0 Å². The Bertz CT molecular complexity index is 3080. The van der Waals surface area contributed by atoms with Gasteiger partial charge >= 0.3 is 0 Å². The largest absolute Gasteiger partial charge is 0.354 e. The van der Waals surface area contributed by atoms with Crippen LogP contribution in [0.2, 0.25) is 0 Å². The number of thiophene rings is 1. The second-order valence-corrected chi connectivity index (χ2v) is 13.3. The van der Waals surface area contributed by atoms with Gasteiger partial charge in [-0.3, -0.25) is 4.57 Å². The Labute approximate surface area is 272 Å². The van der Waals surface area contributed by atoms with E-state index in [1.165, 1.54) is 47.8 Å². The number of nitrogens with one attached hydrogen (secondary N) is 1. The van der Waals surface area contributed by atoms with Crippen molar-refractivity contribution in [3.8, 4) is 17.2 Å². The summed E-state index contributed by atoms with van der Waals surface area (Å²) in [4.78, 5) is 14.6. The Hall–Kier alpha value is -6.04. The summed E-state index contributed by atoms with van der Waals surface area (Å²) in [6, 6.07) is 49.9. The monoisotopic (exact) mass is 616 g/mol. The van der Waals surface area contributed by atoms with Crippen LogP contribution in [0.4, 0.5) is 0 Å². The Morgan fingerprint density at radius 1 is 0.489 bits per heavy atom. The molecule has 0 bridgehead atoms. The second kappa shape index (κ2) is 9.25. The summed E-state index contributed by atoms with van der Waals surface area (Å²) < 4.78 is 4.61. The molecule has 0 amide bonds. The van der Waals surface area contributed by atoms with Gasteiger partial charge in [-0.05, 0) is 51.9 Å². The summed E-state index contributed by atoms with van der Waals surface area (Å²) in [7, 11) is 0. The van der Waals surface area contributed by atoms with Gasteiger partial charge in [0.1, 0.15) is 0 Å². The highest BCUT2D eigenvalue weighted by Gasteiger charge is 2.23. The minimum Gasteiger partial charge on any atom is -0.354 e. The van der Waals surface area contributed by atoms with Crippen LogP contribution >= 0.6 is 11.3 Å². The first kappa shape index (κ1) is 25.2. The molecule has 0 aliphatic heterocycles. The molecule has 11 rings (SSSR count). The van der Waals surface area contributed by atoms with E-state index in [1.54, 1.807) is 11.3 Å². The number of para-hydroxylation sites is 1. The molecule has 218 valence electrons. The topological polar surface area (TPSA) is 46.5 Å². The summed E-state index contributed by atoms with van der Waals surface area (Å²) in [6.45, 7) is 0. The average Bonchev–Trinajstić information content (AvgIpc) is 3.80. The van der Waals surface area contributed by atoms with Crippen LogP contribution < -0.4 is 0 Å². The van der Waals surface area contributed by atoms with E-state index in [0.29, 0.717) is 5.95 Å². The van der Waals surface area contributed by atoms with Gasteiger partial charge in [-0.15, -0.1) is 11.3 Å². The van der Waals surface area contributed by atoms with Gasteiger partial charge in [-0.2, -0.15) is 0 Å². The first-order chi connectivity index (χ1) is 23.3. The Morgan fingerprint density at radius 3 is 2.06 bits per heavy atom. The molecule has 47 heavy (non-hydrogen) atoms. The summed E-state index contributed by atoms with van der Waals surface area (Å²) in [5.41, 5.74) is 7.53. The van der Waals surface area contributed by atoms with E-state index in [4.69, 9.17) is 9.97 Å². The van der Waals surface area contributed by atoms with E-state index in [1.807, 2.05) is 0 Å². The van der Waals surface area contributed by atoms with E-state index < -0.39 is 0 Å². The van der Waals surface area contributed by atoms with Crippen molar-refractivity contribution >= 4 is 96.8 Å². The standard InChI is InChI=1S/C42H24N4S/c1-3-13-26-24(10-1)12-9-17-28(26)39-41-40(30-16-6-8-19-35(30)47-41)45-42(44-39)46-33-22-20-25-11-2-4-14-27(25)37(33)38-34(46)23-21-32-36(38)29-15-5-7-18-31(29)43-32/h1-23,43H. The summed E-state index contributed by atoms with van der Waals surface area (Å²) in [5.74, 6) is 0.679. The molecule has 1 N–H and O–H groups in total. The van der Waals surface area contributed by atoms with Crippen molar-refractivity contribution in [2.45, 2.75) is 0 Å². The maximum Gasteiger partial charge on any atom is 0.235 e. The van der Waals surface area contributed by atoms with Crippen LogP contribution in [0.25, 0.3) is 103 Å². The highest BCUT2D eigenvalue weighted by molar-refractivity contribution is 7.26. The number of fused-ring (bicyclic) bond motifs is 13. The Kier molecular flexibility index (Phi) is 4.96. The number of nitrogens with zero attached hydrogens (tertiary/aromatic N) is 3. The molecule has 4 aromatic heterocycles. The minimum absolute atomic E-state index is 0.679. The number of aromatic amines is 1. The molecule has 4 heterocycles. The van der Waals surface area contributed by atoms with Crippen molar-refractivity contribution in [1.29, 1.82) is 0 Å². The first-order valence-corrected chi connectivity index (χ1v) is 16.7. The third kappa shape index (κ3) is 3.41. The van der Waals surface area contributed by atoms with Crippen LogP contribution in [-0.2, 0) is 0 Å². The van der Waals surface area contributed by atoms with E-state index in [-0.39, 0.29) is 0 Å². The molecule has 0 atom stereocenters. The molecule has 0 spiro atoms. The fraction of sp³-hybridized carbons (Fsp3) is 0. The minimum atomic E-state index is 0.679. The lowest BCUT2D eigenvalue weighted by atomic mass is 10.0. The molecule has 5 heteroatoms. The summed E-state index contributed by atoms with van der Waals surface area (Å²) >= 11 is 1.77. The molecular weight excluding hydrogens is 593 g/mol. The van der Waals surface area contributed by atoms with Gasteiger partial charge in [0.25, 0.3) is 0 Å². The van der Waals surface area contributed by atoms with Gasteiger partial charge in [0, 0.05) is 48.2 Å². The van der Waals surface area contributed by atoms with Crippen molar-refractivity contribution in [1.82, 2.24) is 19.5 Å². The van der Waals surface area contributed by atoms with Crippen LogP contribution in [0, 0.1) is 0 Å². The van der Waals surface area contributed by atoms with Crippen molar-refractivity contribution < 1.29 is 0 Å². The zero-order chi connectivity index (χ0) is 30.6. The Balaban J connectivity index is 1.36. The highest BCUT2D eigenvalue weighted by atomic mass is 32.1. The van der Waals surface area contributed by atoms with Gasteiger partial charge in [-0.1, -0.05) is 109 Å². The smallest absolute Gasteiger partial charge is 0.235 e. The number of benzene rings is 7. The molecule has 0 unspecified atom stereocenters. The number of hydrogen-bond acceptors (Lipinski definition) is 3. The SMILES string of the molecule is c1ccc2c(-c3nc(-n4c5ccc6ccccc6c5c5c6c(ccc54)[nH]c4ccccc46)nc4c3sc3ccccc34)cccc2c1. The molecule has 0 saturated heterocycles. The maximum atomic E-state index is 5.52. The van der Waals surface area contributed by atoms with Gasteiger partial charge in [0.05, 0.1) is 26.9 Å². The van der Waals surface area contributed by atoms with Crippen LogP contribution in [-0.4, -0.2) is 19.5 Å². The lowest BCUT2D eigenvalue weighted by Crippen LogP contribution is -2.03. The number of rotatable bonds is 2. The number of aromatic nitrogens is 4. The van der Waals surface area contributed by atoms with E-state index in [9.17, 15) is 0 Å². The molecule has 0 fully saturated rings. The van der Waals surface area contributed by atoms with E-state index in [0.717, 1.165) is 48.9 Å². The highest BCUT2D eigenvalue weighted by Crippen LogP contribution is 2.44. The molecule has 11 aromatic rings. The fourth-order valence-electron chi connectivity index (χ4n) is 7.72. The van der Waals surface area contributed by atoms with Gasteiger partial charge in [0.15, 0.2) is 0 Å². The van der Waals surface area contributed by atoms with Gasteiger partial charge in [0.2, 0.25) is 5.95 Å². The average molecular weight is 617 g/mol. The van der Waals surface area contributed by atoms with E-state index >= 15 is 0 Å². The lowest BCUT2D eigenvalue weighted by Gasteiger charge is -2.12. The molecule has 4 nitrogen and oxygen atoms in total. The van der Waals surface area contributed by atoms with Gasteiger partial charge in [-0.25, -0.2) is 9.97 Å². The zero-order valence-corrected chi connectivity index (χ0v) is 25.8. The predicted molar refractivity (Wildman–Crippen MR) is 199 cm³/mol. The second-order valence-electron chi connectivity index (χ2n) is 12.2. The Morgan fingerprint density at radius 2 is 1.17 bits per heavy atom. The fourth-order valence-corrected chi connectivity index (χ4v) is 8.86. The van der Waals surface area contributed by atoms with Crippen molar-refractivity contribution in [3.63, 3.8) is 0 Å². The predicted octanol–water partition coefficient (Wildman–Crippen LogP) is 11.5. The third-order valence-corrected chi connectivity index (χ3v) is 10.9. The van der Waals surface area contributed by atoms with Crippen LogP contribution in [0.5, 0.6) is 0 Å². The van der Waals surface area contributed by atoms with Crippen molar-refractivity contribution in [2.75, 3.05) is 0 Å². The molecular formula is C42H24N4S. The first-order valence-electron chi connectivity index (χ1n) is 15.8. The summed E-state index contributed by atoms with van der Waals surface area (Å²) in [5, 5.41) is 10.9. The molecule has 0 aliphatic carbocycles. The zero-order valence-electron chi connectivity index (χ0n) is 25.0. The lowest BCUT2D eigenvalue weighted by molar-refractivity contribution is 1.02. The van der Waals surface area contributed by atoms with Crippen LogP contribution in [0.3, 0.4) is 0 Å². The normalized spacial score (nSPS) is 12.3. The molecule has 7 aromatic carbocycles. The third-order valence-electron chi connectivity index (χ3n) is 9.74. The van der Waals surface area contributed by atoms with Gasteiger partial charge < -0.3 is 4.98 Å². The molecule has 0 radical (unpaired) electrons. The molecule has 0 aliphatic rings. The number of hydrogen-bond donors (Lipinski definition) is 1. The van der Waals surface area contributed by atoms with E-state index in [2.05, 4.69) is 149 Å².